The molecule has 0 bridgehead atoms. The molecule has 0 fully saturated rings. The lowest BCUT2D eigenvalue weighted by Crippen LogP contribution is -2.27. The Bertz CT molecular complexity index is 699. The summed E-state index contributed by atoms with van der Waals surface area (Å²) in [4.78, 5) is 13.2. The molecule has 20 heavy (non-hydrogen) atoms. The minimum absolute atomic E-state index is 0.01000. The van der Waals surface area contributed by atoms with Gasteiger partial charge in [-0.15, -0.1) is 11.8 Å². The van der Waals surface area contributed by atoms with Gasteiger partial charge in [-0.25, -0.2) is 4.79 Å². The number of hydrogen-bond donors (Lipinski definition) is 1. The molecule has 102 valence electrons. The average Bonchev–Trinajstić information content (AvgIpc) is 2.86. The Morgan fingerprint density at radius 3 is 2.70 bits per heavy atom. The molecule has 1 aromatic carbocycles. The van der Waals surface area contributed by atoms with Crippen LogP contribution in [-0.2, 0) is 14.3 Å². The maximum atomic E-state index is 12.2. The zero-order valence-electron chi connectivity index (χ0n) is 11.3. The van der Waals surface area contributed by atoms with Crippen LogP contribution in [0.2, 0.25) is 0 Å². The van der Waals surface area contributed by atoms with E-state index in [-0.39, 0.29) is 11.3 Å². The number of methoxy groups -OCH3 is 1. The molecule has 4 heteroatoms. The van der Waals surface area contributed by atoms with Crippen LogP contribution in [0.25, 0.3) is 5.76 Å². The van der Waals surface area contributed by atoms with E-state index in [9.17, 15) is 9.90 Å². The van der Waals surface area contributed by atoms with Crippen LogP contribution in [0.1, 0.15) is 18.1 Å². The zero-order chi connectivity index (χ0) is 14.5. The summed E-state index contributed by atoms with van der Waals surface area (Å²) in [6.07, 6.45) is 1.95. The molecule has 1 N–H and O–H groups in total. The molecule has 3 nitrogen and oxygen atoms in total. The number of aliphatic hydroxyl groups is 1. The molecule has 2 aliphatic rings. The number of rotatable bonds is 1. The minimum Gasteiger partial charge on any atom is -0.507 e. The molecule has 1 aliphatic heterocycles. The van der Waals surface area contributed by atoms with Crippen molar-refractivity contribution in [2.24, 2.45) is 0 Å². The first kappa shape index (κ1) is 13.1. The summed E-state index contributed by atoms with van der Waals surface area (Å²) < 4.78 is 4.12. The summed E-state index contributed by atoms with van der Waals surface area (Å²) in [6.45, 7) is 6.06. The lowest BCUT2D eigenvalue weighted by Gasteiger charge is -2.28. The first-order valence-electron chi connectivity index (χ1n) is 6.21. The number of aliphatic hydroxyl groups excluding tert-OH is 1. The number of benzene rings is 1. The smallest absolute Gasteiger partial charge is 0.339 e. The highest BCUT2D eigenvalue weighted by Gasteiger charge is 2.53. The fourth-order valence-electron chi connectivity index (χ4n) is 2.90. The molecule has 0 unspecified atom stereocenters. The van der Waals surface area contributed by atoms with Gasteiger partial charge < -0.3 is 9.84 Å². The molecule has 1 atom stereocenters. The Hall–Kier alpha value is -1.94. The van der Waals surface area contributed by atoms with E-state index in [1.54, 1.807) is 0 Å². The van der Waals surface area contributed by atoms with Gasteiger partial charge in [0.1, 0.15) is 16.1 Å². The number of carbonyl (C=O) groups is 1. The third kappa shape index (κ3) is 1.45. The molecule has 1 aliphatic carbocycles. The Morgan fingerprint density at radius 1 is 1.40 bits per heavy atom. The fourth-order valence-corrected chi connectivity index (χ4v) is 4.34. The molecule has 0 saturated heterocycles. The van der Waals surface area contributed by atoms with E-state index >= 15 is 0 Å². The molecule has 0 amide bonds. The first-order chi connectivity index (χ1) is 9.52. The summed E-state index contributed by atoms with van der Waals surface area (Å²) >= 11 is 1.52. The van der Waals surface area contributed by atoms with Gasteiger partial charge in [0.2, 0.25) is 0 Å². The second kappa shape index (κ2) is 4.28. The van der Waals surface area contributed by atoms with Crippen molar-refractivity contribution in [1.82, 2.24) is 0 Å². The zero-order valence-corrected chi connectivity index (χ0v) is 12.1. The van der Waals surface area contributed by atoms with Gasteiger partial charge in [0.15, 0.2) is 0 Å². The van der Waals surface area contributed by atoms with Crippen molar-refractivity contribution < 1.29 is 14.6 Å². The van der Waals surface area contributed by atoms with Crippen molar-refractivity contribution in [2.45, 2.75) is 11.7 Å². The fraction of sp³-hybridized carbons (Fsp3) is 0.188. The standard InChI is InChI=1S/C16H14O3S/c1-9-8-10(2)20-16(9)12-7-5-4-6-11(12)14(17)13(16)15(18)19-3/h4-8,17H,1H2,2-3H3/t16-/m0/s1. The summed E-state index contributed by atoms with van der Waals surface area (Å²) in [5.41, 5.74) is 2.62. The highest BCUT2D eigenvalue weighted by atomic mass is 32.2. The van der Waals surface area contributed by atoms with Crippen molar-refractivity contribution in [3.63, 3.8) is 0 Å². The Morgan fingerprint density at radius 2 is 2.10 bits per heavy atom. The van der Waals surface area contributed by atoms with Crippen LogP contribution in [0.4, 0.5) is 0 Å². The molecule has 0 saturated carbocycles. The van der Waals surface area contributed by atoms with E-state index in [1.807, 2.05) is 37.3 Å². The van der Waals surface area contributed by atoms with Crippen molar-refractivity contribution in [3.05, 3.63) is 64.1 Å². The van der Waals surface area contributed by atoms with Crippen molar-refractivity contribution >= 4 is 23.5 Å². The van der Waals surface area contributed by atoms with Gasteiger partial charge in [-0.1, -0.05) is 30.8 Å². The second-order valence-corrected chi connectivity index (χ2v) is 6.28. The Kier molecular flexibility index (Phi) is 2.80. The summed E-state index contributed by atoms with van der Waals surface area (Å²) in [7, 11) is 1.32. The second-order valence-electron chi connectivity index (χ2n) is 4.82. The topological polar surface area (TPSA) is 46.5 Å². The maximum Gasteiger partial charge on any atom is 0.339 e. The lowest BCUT2D eigenvalue weighted by molar-refractivity contribution is -0.136. The number of thioether (sulfide) groups is 1. The molecule has 1 aromatic rings. The van der Waals surface area contributed by atoms with E-state index < -0.39 is 10.7 Å². The molecule has 1 spiro atoms. The van der Waals surface area contributed by atoms with Crippen molar-refractivity contribution in [2.75, 3.05) is 7.11 Å². The monoisotopic (exact) mass is 286 g/mol. The highest BCUT2D eigenvalue weighted by Crippen LogP contribution is 2.62. The predicted molar refractivity (Wildman–Crippen MR) is 80.2 cm³/mol. The van der Waals surface area contributed by atoms with Gasteiger partial charge in [0.05, 0.1) is 7.11 Å². The van der Waals surface area contributed by atoms with Gasteiger partial charge >= 0.3 is 5.97 Å². The molecule has 0 aromatic heterocycles. The van der Waals surface area contributed by atoms with Crippen LogP contribution in [0.3, 0.4) is 0 Å². The van der Waals surface area contributed by atoms with Crippen LogP contribution in [0.15, 0.2) is 53.0 Å². The molecule has 1 heterocycles. The molecule has 3 rings (SSSR count). The largest absolute Gasteiger partial charge is 0.507 e. The van der Waals surface area contributed by atoms with Gasteiger partial charge in [-0.3, -0.25) is 0 Å². The Balaban J connectivity index is 2.31. The van der Waals surface area contributed by atoms with Crippen LogP contribution in [0.5, 0.6) is 0 Å². The number of esters is 1. The quantitative estimate of drug-likeness (QED) is 0.802. The van der Waals surface area contributed by atoms with E-state index in [2.05, 4.69) is 6.58 Å². The van der Waals surface area contributed by atoms with E-state index in [0.29, 0.717) is 5.56 Å². The number of carbonyl (C=O) groups excluding carboxylic acids is 1. The third-order valence-corrected chi connectivity index (χ3v) is 5.12. The molecular weight excluding hydrogens is 272 g/mol. The van der Waals surface area contributed by atoms with Crippen molar-refractivity contribution in [1.29, 1.82) is 0 Å². The number of ether oxygens (including phenoxy) is 1. The Labute approximate surface area is 121 Å². The number of allylic oxidation sites excluding steroid dienone is 2. The van der Waals surface area contributed by atoms with Crippen LogP contribution in [-0.4, -0.2) is 18.2 Å². The SMILES string of the molecule is C=C1C=C(C)S[C@@]12C(C(=O)OC)=C(O)c1ccccc12. The predicted octanol–water partition coefficient (Wildman–Crippen LogP) is 3.54. The lowest BCUT2D eigenvalue weighted by atomic mass is 9.87. The molecule has 0 radical (unpaired) electrons. The summed E-state index contributed by atoms with van der Waals surface area (Å²) in [5, 5.41) is 10.5. The van der Waals surface area contributed by atoms with E-state index in [4.69, 9.17) is 4.74 Å². The van der Waals surface area contributed by atoms with Gasteiger partial charge in [-0.2, -0.15) is 0 Å². The normalized spacial score (nSPS) is 24.1. The van der Waals surface area contributed by atoms with Gasteiger partial charge in [0.25, 0.3) is 0 Å². The first-order valence-corrected chi connectivity index (χ1v) is 7.02. The number of hydrogen-bond acceptors (Lipinski definition) is 4. The minimum atomic E-state index is -0.752. The summed E-state index contributed by atoms with van der Waals surface area (Å²) in [6, 6.07) is 7.47. The average molecular weight is 286 g/mol. The third-order valence-electron chi connectivity index (χ3n) is 3.68. The van der Waals surface area contributed by atoms with Crippen LogP contribution in [0, 0.1) is 0 Å². The van der Waals surface area contributed by atoms with Crippen molar-refractivity contribution in [3.8, 4) is 0 Å². The van der Waals surface area contributed by atoms with E-state index in [0.717, 1.165) is 16.0 Å². The van der Waals surface area contributed by atoms with Crippen LogP contribution >= 0.6 is 11.8 Å². The summed E-state index contributed by atoms with van der Waals surface area (Å²) in [5.74, 6) is -0.528. The molecular formula is C16H14O3S. The van der Waals surface area contributed by atoms with E-state index in [1.165, 1.54) is 18.9 Å². The maximum absolute atomic E-state index is 12.2. The van der Waals surface area contributed by atoms with Gasteiger partial charge in [-0.05, 0) is 29.0 Å². The number of fused-ring (bicyclic) bond motifs is 2. The van der Waals surface area contributed by atoms with Gasteiger partial charge in [0, 0.05) is 5.56 Å². The van der Waals surface area contributed by atoms with Crippen LogP contribution < -0.4 is 0 Å². The highest BCUT2D eigenvalue weighted by molar-refractivity contribution is 8.04.